The second-order valence-electron chi connectivity index (χ2n) is 6.74. The van der Waals surface area contributed by atoms with Gasteiger partial charge >= 0.3 is 0 Å². The summed E-state index contributed by atoms with van der Waals surface area (Å²) in [5, 5.41) is 3.62. The summed E-state index contributed by atoms with van der Waals surface area (Å²) < 4.78 is 6.63. The van der Waals surface area contributed by atoms with Crippen LogP contribution in [0.1, 0.15) is 59.6 Å². The number of hydrogen-bond donors (Lipinski definition) is 1. The molecule has 21 heavy (non-hydrogen) atoms. The van der Waals surface area contributed by atoms with Crippen LogP contribution in [0.3, 0.4) is 0 Å². The van der Waals surface area contributed by atoms with E-state index in [1.807, 2.05) is 6.92 Å². The van der Waals surface area contributed by atoms with Gasteiger partial charge in [0.1, 0.15) is 5.75 Å². The van der Waals surface area contributed by atoms with E-state index >= 15 is 0 Å². The molecule has 0 spiro atoms. The first-order chi connectivity index (χ1) is 9.79. The van der Waals surface area contributed by atoms with Crippen molar-refractivity contribution in [3.63, 3.8) is 0 Å². The molecule has 0 aromatic heterocycles. The van der Waals surface area contributed by atoms with Crippen molar-refractivity contribution in [3.05, 3.63) is 28.2 Å². The molecule has 0 saturated heterocycles. The first-order valence-corrected chi connectivity index (χ1v) is 8.74. The molecule has 2 atom stereocenters. The SMILES string of the molecule is CCNC(CC(C)C(C)(C)C)c1ccc(OCC)c(Br)c1. The normalized spacial score (nSPS) is 14.8. The van der Waals surface area contributed by atoms with Crippen molar-refractivity contribution in [2.24, 2.45) is 11.3 Å². The van der Waals surface area contributed by atoms with Crippen LogP contribution >= 0.6 is 15.9 Å². The van der Waals surface area contributed by atoms with Crippen molar-refractivity contribution in [1.82, 2.24) is 5.32 Å². The van der Waals surface area contributed by atoms with E-state index in [0.717, 1.165) is 23.2 Å². The molecule has 0 aliphatic carbocycles. The first-order valence-electron chi connectivity index (χ1n) is 7.95. The van der Waals surface area contributed by atoms with Crippen molar-refractivity contribution in [2.45, 2.75) is 54.0 Å². The lowest BCUT2D eigenvalue weighted by atomic mass is 9.77. The van der Waals surface area contributed by atoms with Gasteiger partial charge in [-0.25, -0.2) is 0 Å². The molecule has 0 heterocycles. The minimum atomic E-state index is 0.330. The zero-order valence-electron chi connectivity index (χ0n) is 14.3. The van der Waals surface area contributed by atoms with Crippen LogP contribution in [0.25, 0.3) is 0 Å². The second kappa shape index (κ2) is 8.19. The van der Waals surface area contributed by atoms with Crippen LogP contribution in [0.5, 0.6) is 5.75 Å². The largest absolute Gasteiger partial charge is 0.493 e. The van der Waals surface area contributed by atoms with Crippen molar-refractivity contribution in [3.8, 4) is 5.75 Å². The van der Waals surface area contributed by atoms with Gasteiger partial charge in [0.15, 0.2) is 0 Å². The molecule has 1 rings (SSSR count). The van der Waals surface area contributed by atoms with Crippen molar-refractivity contribution in [1.29, 1.82) is 0 Å². The van der Waals surface area contributed by atoms with Gasteiger partial charge in [0, 0.05) is 6.04 Å². The molecule has 3 heteroatoms. The van der Waals surface area contributed by atoms with E-state index in [9.17, 15) is 0 Å². The number of hydrogen-bond acceptors (Lipinski definition) is 2. The van der Waals surface area contributed by atoms with Gasteiger partial charge in [-0.3, -0.25) is 0 Å². The smallest absolute Gasteiger partial charge is 0.133 e. The van der Waals surface area contributed by atoms with Gasteiger partial charge in [-0.15, -0.1) is 0 Å². The van der Waals surface area contributed by atoms with E-state index in [2.05, 4.69) is 74.1 Å². The van der Waals surface area contributed by atoms with Gasteiger partial charge in [0.25, 0.3) is 0 Å². The maximum Gasteiger partial charge on any atom is 0.133 e. The summed E-state index contributed by atoms with van der Waals surface area (Å²) in [6, 6.07) is 6.82. The van der Waals surface area contributed by atoms with Crippen LogP contribution in [0, 0.1) is 11.3 Å². The summed E-state index contributed by atoms with van der Waals surface area (Å²) in [5.41, 5.74) is 1.65. The third-order valence-electron chi connectivity index (χ3n) is 4.18. The molecule has 0 radical (unpaired) electrons. The van der Waals surface area contributed by atoms with Crippen molar-refractivity contribution >= 4 is 15.9 Å². The topological polar surface area (TPSA) is 21.3 Å². The summed E-state index contributed by atoms with van der Waals surface area (Å²) in [7, 11) is 0. The molecular formula is C18H30BrNO. The Labute approximate surface area is 138 Å². The predicted molar refractivity (Wildman–Crippen MR) is 95.0 cm³/mol. The quantitative estimate of drug-likeness (QED) is 0.689. The molecule has 0 aliphatic rings. The first kappa shape index (κ1) is 18.5. The lowest BCUT2D eigenvalue weighted by Gasteiger charge is -2.31. The number of halogens is 1. The molecule has 120 valence electrons. The summed E-state index contributed by atoms with van der Waals surface area (Å²) in [6.45, 7) is 15.1. The standard InChI is InChI=1S/C18H30BrNO/c1-7-20-16(11-13(3)18(4,5)6)14-9-10-17(21-8-2)15(19)12-14/h9-10,12-13,16,20H,7-8,11H2,1-6H3. The van der Waals surface area contributed by atoms with E-state index in [4.69, 9.17) is 4.74 Å². The van der Waals surface area contributed by atoms with Crippen LogP contribution in [0.2, 0.25) is 0 Å². The Morgan fingerprint density at radius 2 is 1.90 bits per heavy atom. The Morgan fingerprint density at radius 1 is 1.24 bits per heavy atom. The minimum Gasteiger partial charge on any atom is -0.493 e. The Kier molecular flexibility index (Phi) is 7.22. The van der Waals surface area contributed by atoms with Crippen molar-refractivity contribution < 1.29 is 4.74 Å². The lowest BCUT2D eigenvalue weighted by Crippen LogP contribution is -2.27. The van der Waals surface area contributed by atoms with E-state index in [1.54, 1.807) is 0 Å². The van der Waals surface area contributed by atoms with Crippen LogP contribution in [0.4, 0.5) is 0 Å². The Morgan fingerprint density at radius 3 is 2.38 bits per heavy atom. The number of rotatable bonds is 7. The minimum absolute atomic E-state index is 0.330. The van der Waals surface area contributed by atoms with Crippen LogP contribution in [-0.2, 0) is 0 Å². The van der Waals surface area contributed by atoms with E-state index in [1.165, 1.54) is 5.56 Å². The molecule has 1 N–H and O–H groups in total. The maximum atomic E-state index is 5.60. The summed E-state index contributed by atoms with van der Waals surface area (Å²) in [6.07, 6.45) is 1.14. The number of nitrogens with one attached hydrogen (secondary N) is 1. The van der Waals surface area contributed by atoms with Crippen LogP contribution in [0.15, 0.2) is 22.7 Å². The van der Waals surface area contributed by atoms with E-state index < -0.39 is 0 Å². The molecule has 0 amide bonds. The molecular weight excluding hydrogens is 326 g/mol. The molecule has 2 unspecified atom stereocenters. The second-order valence-corrected chi connectivity index (χ2v) is 7.59. The zero-order valence-corrected chi connectivity index (χ0v) is 15.9. The summed E-state index contributed by atoms with van der Waals surface area (Å²) in [4.78, 5) is 0. The number of benzene rings is 1. The molecule has 1 aromatic carbocycles. The predicted octanol–water partition coefficient (Wildman–Crippen LogP) is 5.57. The monoisotopic (exact) mass is 355 g/mol. The van der Waals surface area contributed by atoms with E-state index in [-0.39, 0.29) is 0 Å². The third-order valence-corrected chi connectivity index (χ3v) is 4.80. The molecule has 0 saturated carbocycles. The highest BCUT2D eigenvalue weighted by molar-refractivity contribution is 9.10. The van der Waals surface area contributed by atoms with Gasteiger partial charge in [0.05, 0.1) is 11.1 Å². The van der Waals surface area contributed by atoms with Crippen molar-refractivity contribution in [2.75, 3.05) is 13.2 Å². The highest BCUT2D eigenvalue weighted by Crippen LogP contribution is 2.35. The summed E-state index contributed by atoms with van der Waals surface area (Å²) >= 11 is 3.62. The average Bonchev–Trinajstić information content (AvgIpc) is 2.39. The fourth-order valence-electron chi connectivity index (χ4n) is 2.30. The van der Waals surface area contributed by atoms with Crippen LogP contribution in [-0.4, -0.2) is 13.2 Å². The zero-order chi connectivity index (χ0) is 16.0. The molecule has 0 aliphatic heterocycles. The molecule has 2 nitrogen and oxygen atoms in total. The highest BCUT2D eigenvalue weighted by Gasteiger charge is 2.24. The summed E-state index contributed by atoms with van der Waals surface area (Å²) in [5.74, 6) is 1.56. The molecule has 0 fully saturated rings. The third kappa shape index (κ3) is 5.63. The van der Waals surface area contributed by atoms with Gasteiger partial charge in [0.2, 0.25) is 0 Å². The van der Waals surface area contributed by atoms with Gasteiger partial charge in [-0.2, -0.15) is 0 Å². The Hall–Kier alpha value is -0.540. The highest BCUT2D eigenvalue weighted by atomic mass is 79.9. The number of ether oxygens (including phenoxy) is 1. The average molecular weight is 356 g/mol. The Bertz CT molecular complexity index is 439. The fraction of sp³-hybridized carbons (Fsp3) is 0.667. The lowest BCUT2D eigenvalue weighted by molar-refractivity contribution is 0.224. The van der Waals surface area contributed by atoms with Gasteiger partial charge in [-0.1, -0.05) is 40.7 Å². The molecule has 0 bridgehead atoms. The Balaban J connectivity index is 2.92. The maximum absolute atomic E-state index is 5.60. The van der Waals surface area contributed by atoms with E-state index in [0.29, 0.717) is 24.0 Å². The van der Waals surface area contributed by atoms with Gasteiger partial charge < -0.3 is 10.1 Å². The van der Waals surface area contributed by atoms with Crippen LogP contribution < -0.4 is 10.1 Å². The van der Waals surface area contributed by atoms with Gasteiger partial charge in [-0.05, 0) is 64.8 Å². The molecule has 1 aromatic rings. The fourth-order valence-corrected chi connectivity index (χ4v) is 2.81.